The Kier molecular flexibility index (Phi) is 4.69. The van der Waals surface area contributed by atoms with Crippen molar-refractivity contribution in [1.29, 1.82) is 0 Å². The first-order chi connectivity index (χ1) is 7.87. The van der Waals surface area contributed by atoms with Crippen molar-refractivity contribution in [3.05, 3.63) is 24.3 Å². The van der Waals surface area contributed by atoms with Crippen molar-refractivity contribution in [2.75, 3.05) is 11.9 Å². The fraction of sp³-hybridized carbons (Fsp3) is 0.300. The Hall–Kier alpha value is -1.36. The van der Waals surface area contributed by atoms with Crippen LogP contribution < -0.4 is 9.84 Å². The lowest BCUT2D eigenvalue weighted by atomic mass is 10.2. The molecule has 94 valence electrons. The van der Waals surface area contributed by atoms with Gasteiger partial charge in [-0.05, 0) is 31.2 Å². The summed E-state index contributed by atoms with van der Waals surface area (Å²) in [5.41, 5.74) is 0.754. The molecule has 7 heteroatoms. The molecule has 0 aliphatic rings. The molecule has 0 aliphatic heterocycles. The zero-order valence-corrected chi connectivity index (χ0v) is 10.2. The van der Waals surface area contributed by atoms with Gasteiger partial charge in [0.05, 0.1) is 0 Å². The Morgan fingerprint density at radius 1 is 1.35 bits per heavy atom. The molecule has 6 nitrogen and oxygen atoms in total. The Bertz CT molecular complexity index is 425. The predicted octanol–water partition coefficient (Wildman–Crippen LogP) is 1.55. The number of nitrogens with one attached hydrogen (secondary N) is 1. The van der Waals surface area contributed by atoms with Gasteiger partial charge < -0.3 is 9.84 Å². The van der Waals surface area contributed by atoms with Gasteiger partial charge >= 0.3 is 7.82 Å². The summed E-state index contributed by atoms with van der Waals surface area (Å²) in [4.78, 5) is 27.9. The molecule has 0 fully saturated rings. The number of phosphoric acid groups is 1. The maximum absolute atomic E-state index is 10.7. The second kappa shape index (κ2) is 5.82. The molecule has 0 saturated carbocycles. The van der Waals surface area contributed by atoms with Crippen molar-refractivity contribution in [1.82, 2.24) is 0 Å². The summed E-state index contributed by atoms with van der Waals surface area (Å²) in [6.45, 7) is 2.03. The maximum Gasteiger partial charge on any atom is 0.524 e. The highest BCUT2D eigenvalue weighted by molar-refractivity contribution is 7.46. The van der Waals surface area contributed by atoms with Crippen molar-refractivity contribution in [2.24, 2.45) is 0 Å². The molecule has 0 aromatic heterocycles. The molecule has 0 amide bonds. The first-order valence-corrected chi connectivity index (χ1v) is 6.48. The van der Waals surface area contributed by atoms with E-state index >= 15 is 0 Å². The van der Waals surface area contributed by atoms with E-state index in [-0.39, 0.29) is 11.5 Å². The van der Waals surface area contributed by atoms with Crippen LogP contribution in [-0.4, -0.2) is 22.1 Å². The van der Waals surface area contributed by atoms with Crippen LogP contribution in [0, 0.1) is 0 Å². The Balaban J connectivity index is 2.50. The second-order valence-electron chi connectivity index (χ2n) is 3.49. The number of rotatable bonds is 6. The molecule has 0 aliphatic carbocycles. The number of Topliss-reactive ketones (excluding diaryl/α,β-unsaturated/α-hetero) is 1. The van der Waals surface area contributed by atoms with E-state index in [0.29, 0.717) is 13.0 Å². The van der Waals surface area contributed by atoms with Gasteiger partial charge in [0.25, 0.3) is 0 Å². The summed E-state index contributed by atoms with van der Waals surface area (Å²) in [6, 6.07) is 6.11. The van der Waals surface area contributed by atoms with E-state index in [1.54, 1.807) is 12.1 Å². The smallest absolute Gasteiger partial charge is 0.404 e. The van der Waals surface area contributed by atoms with E-state index in [0.717, 1.165) is 5.69 Å². The van der Waals surface area contributed by atoms with E-state index < -0.39 is 7.82 Å². The molecular formula is C10H14NO5P. The van der Waals surface area contributed by atoms with Crippen LogP contribution in [0.3, 0.4) is 0 Å². The van der Waals surface area contributed by atoms with Gasteiger partial charge in [0.1, 0.15) is 11.5 Å². The number of ketones is 1. The molecule has 0 radical (unpaired) electrons. The van der Waals surface area contributed by atoms with Crippen LogP contribution in [0.5, 0.6) is 5.75 Å². The van der Waals surface area contributed by atoms with Crippen LogP contribution in [0.1, 0.15) is 13.3 Å². The minimum atomic E-state index is -4.50. The van der Waals surface area contributed by atoms with Crippen molar-refractivity contribution < 1.29 is 23.7 Å². The quantitative estimate of drug-likeness (QED) is 0.671. The molecule has 0 unspecified atom stereocenters. The van der Waals surface area contributed by atoms with Gasteiger partial charge in [-0.3, -0.25) is 14.6 Å². The average molecular weight is 259 g/mol. The van der Waals surface area contributed by atoms with E-state index in [1.165, 1.54) is 19.1 Å². The minimum absolute atomic E-state index is 0.0930. The zero-order valence-electron chi connectivity index (χ0n) is 9.29. The van der Waals surface area contributed by atoms with Crippen molar-refractivity contribution in [3.63, 3.8) is 0 Å². The van der Waals surface area contributed by atoms with Gasteiger partial charge in [0.2, 0.25) is 0 Å². The van der Waals surface area contributed by atoms with E-state index in [1.807, 2.05) is 0 Å². The van der Waals surface area contributed by atoms with Gasteiger partial charge in [-0.15, -0.1) is 0 Å². The molecule has 1 aromatic carbocycles. The molecule has 1 aromatic rings. The van der Waals surface area contributed by atoms with Gasteiger partial charge in [-0.25, -0.2) is 4.57 Å². The van der Waals surface area contributed by atoms with Crippen LogP contribution in [0.4, 0.5) is 5.69 Å². The molecule has 0 heterocycles. The maximum atomic E-state index is 10.7. The summed E-state index contributed by atoms with van der Waals surface area (Å²) in [5, 5.41) is 3.00. The van der Waals surface area contributed by atoms with Crippen LogP contribution in [0.25, 0.3) is 0 Å². The van der Waals surface area contributed by atoms with Crippen molar-refractivity contribution >= 4 is 19.3 Å². The topological polar surface area (TPSA) is 95.9 Å². The SMILES string of the molecule is CC(=O)CCNc1ccc(OP(=O)(O)O)cc1. The summed E-state index contributed by atoms with van der Waals surface area (Å²) < 4.78 is 14.9. The number of hydrogen-bond acceptors (Lipinski definition) is 4. The third-order valence-electron chi connectivity index (χ3n) is 1.88. The number of carbonyl (C=O) groups is 1. The van der Waals surface area contributed by atoms with Gasteiger partial charge in [-0.2, -0.15) is 0 Å². The number of hydrogen-bond donors (Lipinski definition) is 3. The summed E-state index contributed by atoms with van der Waals surface area (Å²) in [5.74, 6) is 0.189. The Morgan fingerprint density at radius 2 is 1.94 bits per heavy atom. The largest absolute Gasteiger partial charge is 0.524 e. The van der Waals surface area contributed by atoms with Crippen molar-refractivity contribution in [2.45, 2.75) is 13.3 Å². The molecule has 0 bridgehead atoms. The normalized spacial score (nSPS) is 11.0. The lowest BCUT2D eigenvalue weighted by Crippen LogP contribution is -2.05. The van der Waals surface area contributed by atoms with Gasteiger partial charge in [0.15, 0.2) is 0 Å². The number of anilines is 1. The summed E-state index contributed by atoms with van der Waals surface area (Å²) >= 11 is 0. The summed E-state index contributed by atoms with van der Waals surface area (Å²) in [7, 11) is -4.50. The first kappa shape index (κ1) is 13.7. The van der Waals surface area contributed by atoms with E-state index in [9.17, 15) is 9.36 Å². The monoisotopic (exact) mass is 259 g/mol. The van der Waals surface area contributed by atoms with Crippen LogP contribution in [0.15, 0.2) is 24.3 Å². The zero-order chi connectivity index (χ0) is 12.9. The highest BCUT2D eigenvalue weighted by atomic mass is 31.2. The average Bonchev–Trinajstić information content (AvgIpc) is 2.18. The highest BCUT2D eigenvalue weighted by Crippen LogP contribution is 2.37. The lowest BCUT2D eigenvalue weighted by Gasteiger charge is -2.08. The third kappa shape index (κ3) is 6.06. The first-order valence-electron chi connectivity index (χ1n) is 4.95. The molecular weight excluding hydrogens is 245 g/mol. The lowest BCUT2D eigenvalue weighted by molar-refractivity contribution is -0.116. The Morgan fingerprint density at radius 3 is 2.41 bits per heavy atom. The molecule has 1 rings (SSSR count). The second-order valence-corrected chi connectivity index (χ2v) is 4.65. The molecule has 0 atom stereocenters. The van der Waals surface area contributed by atoms with Gasteiger partial charge in [-0.1, -0.05) is 0 Å². The highest BCUT2D eigenvalue weighted by Gasteiger charge is 2.15. The molecule has 3 N–H and O–H groups in total. The molecule has 17 heavy (non-hydrogen) atoms. The minimum Gasteiger partial charge on any atom is -0.404 e. The van der Waals surface area contributed by atoms with E-state index in [2.05, 4.69) is 9.84 Å². The number of carbonyl (C=O) groups excluding carboxylic acids is 1. The standard InChI is InChI=1S/C10H14NO5P/c1-8(12)6-7-11-9-2-4-10(5-3-9)16-17(13,14)15/h2-5,11H,6-7H2,1H3,(H2,13,14,15). The third-order valence-corrected chi connectivity index (χ3v) is 2.33. The molecule has 0 saturated heterocycles. The number of benzene rings is 1. The van der Waals surface area contributed by atoms with E-state index in [4.69, 9.17) is 9.79 Å². The van der Waals surface area contributed by atoms with Crippen molar-refractivity contribution in [3.8, 4) is 5.75 Å². The van der Waals surface area contributed by atoms with Crippen LogP contribution >= 0.6 is 7.82 Å². The molecule has 0 spiro atoms. The fourth-order valence-corrected chi connectivity index (χ4v) is 1.55. The fourth-order valence-electron chi connectivity index (χ4n) is 1.15. The number of phosphoric ester groups is 1. The van der Waals surface area contributed by atoms with Gasteiger partial charge in [0, 0.05) is 18.7 Å². The Labute approximate surface area is 98.9 Å². The summed E-state index contributed by atoms with van der Waals surface area (Å²) in [6.07, 6.45) is 0.431. The van der Waals surface area contributed by atoms with Crippen LogP contribution in [-0.2, 0) is 9.36 Å². The van der Waals surface area contributed by atoms with Crippen LogP contribution in [0.2, 0.25) is 0 Å². The predicted molar refractivity (Wildman–Crippen MR) is 62.9 cm³/mol.